The summed E-state index contributed by atoms with van der Waals surface area (Å²) in [5.41, 5.74) is 1.07. The highest BCUT2D eigenvalue weighted by Crippen LogP contribution is 2.09. The fourth-order valence-corrected chi connectivity index (χ4v) is 1.42. The van der Waals surface area contributed by atoms with E-state index < -0.39 is 12.0 Å². The smallest absolute Gasteiger partial charge is 0.332 e. The van der Waals surface area contributed by atoms with E-state index in [9.17, 15) is 4.79 Å². The SMILES string of the molecule is O=C(O)C1COC(Cc2ccccc2)=N1. The third-order valence-electron chi connectivity index (χ3n) is 2.19. The van der Waals surface area contributed by atoms with Crippen LogP contribution in [0.5, 0.6) is 0 Å². The van der Waals surface area contributed by atoms with Gasteiger partial charge in [0, 0.05) is 6.42 Å². The molecule has 4 heteroatoms. The third-order valence-corrected chi connectivity index (χ3v) is 2.19. The molecule has 1 aliphatic rings. The van der Waals surface area contributed by atoms with Crippen molar-refractivity contribution in [3.05, 3.63) is 35.9 Å². The van der Waals surface area contributed by atoms with Crippen LogP contribution in [-0.2, 0) is 16.0 Å². The average molecular weight is 205 g/mol. The van der Waals surface area contributed by atoms with Gasteiger partial charge in [-0.15, -0.1) is 0 Å². The molecule has 2 rings (SSSR count). The molecule has 0 fully saturated rings. The van der Waals surface area contributed by atoms with E-state index in [0.717, 1.165) is 5.56 Å². The predicted octanol–water partition coefficient (Wildman–Crippen LogP) is 1.11. The van der Waals surface area contributed by atoms with Crippen LogP contribution in [0, 0.1) is 0 Å². The molecule has 0 spiro atoms. The molecule has 1 aliphatic heterocycles. The number of carboxylic acids is 1. The van der Waals surface area contributed by atoms with Gasteiger partial charge in [-0.2, -0.15) is 0 Å². The Bertz CT molecular complexity index is 386. The van der Waals surface area contributed by atoms with Crippen LogP contribution < -0.4 is 0 Å². The molecule has 0 saturated carbocycles. The molecular formula is C11H11NO3. The first-order valence-corrected chi connectivity index (χ1v) is 4.72. The van der Waals surface area contributed by atoms with E-state index in [1.165, 1.54) is 0 Å². The number of ether oxygens (including phenoxy) is 1. The van der Waals surface area contributed by atoms with Gasteiger partial charge in [-0.3, -0.25) is 0 Å². The Morgan fingerprint density at radius 2 is 2.20 bits per heavy atom. The number of benzene rings is 1. The van der Waals surface area contributed by atoms with Crippen LogP contribution in [-0.4, -0.2) is 29.6 Å². The van der Waals surface area contributed by atoms with Crippen LogP contribution in [0.4, 0.5) is 0 Å². The van der Waals surface area contributed by atoms with Crippen LogP contribution in [0.1, 0.15) is 5.56 Å². The molecule has 0 saturated heterocycles. The van der Waals surface area contributed by atoms with E-state index >= 15 is 0 Å². The highest BCUT2D eigenvalue weighted by molar-refractivity contribution is 5.86. The second-order valence-electron chi connectivity index (χ2n) is 3.35. The molecule has 1 aromatic rings. The van der Waals surface area contributed by atoms with Gasteiger partial charge in [0.25, 0.3) is 0 Å². The van der Waals surface area contributed by atoms with Crippen molar-refractivity contribution in [2.45, 2.75) is 12.5 Å². The quantitative estimate of drug-likeness (QED) is 0.804. The molecule has 15 heavy (non-hydrogen) atoms. The minimum atomic E-state index is -0.932. The van der Waals surface area contributed by atoms with E-state index in [1.54, 1.807) is 0 Å². The van der Waals surface area contributed by atoms with E-state index in [-0.39, 0.29) is 6.61 Å². The number of rotatable bonds is 3. The van der Waals surface area contributed by atoms with Gasteiger partial charge in [0.15, 0.2) is 11.9 Å². The molecule has 78 valence electrons. The summed E-state index contributed by atoms with van der Waals surface area (Å²) >= 11 is 0. The highest BCUT2D eigenvalue weighted by atomic mass is 16.5. The zero-order chi connectivity index (χ0) is 10.7. The maximum Gasteiger partial charge on any atom is 0.332 e. The molecule has 1 unspecified atom stereocenters. The lowest BCUT2D eigenvalue weighted by Gasteiger charge is -2.00. The Balaban J connectivity index is 2.03. The standard InChI is InChI=1S/C11H11NO3/c13-11(14)9-7-15-10(12-9)6-8-4-2-1-3-5-8/h1-5,9H,6-7H2,(H,13,14). The van der Waals surface area contributed by atoms with Crippen LogP contribution in [0.25, 0.3) is 0 Å². The first kappa shape index (κ1) is 9.71. The molecule has 0 aliphatic carbocycles. The van der Waals surface area contributed by atoms with E-state index in [0.29, 0.717) is 12.3 Å². The number of aliphatic imine (C=N–C) groups is 1. The Hall–Kier alpha value is -1.84. The van der Waals surface area contributed by atoms with Crippen molar-refractivity contribution in [1.29, 1.82) is 0 Å². The molecule has 0 radical (unpaired) electrons. The van der Waals surface area contributed by atoms with Gasteiger partial charge in [-0.1, -0.05) is 30.3 Å². The number of carboxylic acid groups (broad SMARTS) is 1. The highest BCUT2D eigenvalue weighted by Gasteiger charge is 2.24. The topological polar surface area (TPSA) is 58.9 Å². The average Bonchev–Trinajstić information content (AvgIpc) is 2.68. The summed E-state index contributed by atoms with van der Waals surface area (Å²) in [6.45, 7) is 0.150. The number of hydrogen-bond acceptors (Lipinski definition) is 3. The zero-order valence-corrected chi connectivity index (χ0v) is 8.09. The van der Waals surface area contributed by atoms with Crippen LogP contribution in [0.2, 0.25) is 0 Å². The van der Waals surface area contributed by atoms with Crippen molar-refractivity contribution in [3.63, 3.8) is 0 Å². The summed E-state index contributed by atoms with van der Waals surface area (Å²) in [5.74, 6) is -0.424. The minimum absolute atomic E-state index is 0.150. The summed E-state index contributed by atoms with van der Waals surface area (Å²) in [4.78, 5) is 14.6. The Kier molecular flexibility index (Phi) is 2.67. The summed E-state index contributed by atoms with van der Waals surface area (Å²) in [7, 11) is 0. The normalized spacial score (nSPS) is 19.5. The van der Waals surface area contributed by atoms with Crippen LogP contribution in [0.3, 0.4) is 0 Å². The summed E-state index contributed by atoms with van der Waals surface area (Å²) in [5, 5.41) is 8.71. The van der Waals surface area contributed by atoms with Gasteiger partial charge < -0.3 is 9.84 Å². The van der Waals surface area contributed by atoms with Crippen molar-refractivity contribution < 1.29 is 14.6 Å². The van der Waals surface area contributed by atoms with Gasteiger partial charge in [0.1, 0.15) is 6.61 Å². The van der Waals surface area contributed by atoms with Gasteiger partial charge in [-0.25, -0.2) is 9.79 Å². The molecule has 0 aromatic heterocycles. The Morgan fingerprint density at radius 3 is 2.80 bits per heavy atom. The van der Waals surface area contributed by atoms with Crippen LogP contribution >= 0.6 is 0 Å². The number of nitrogens with zero attached hydrogens (tertiary/aromatic N) is 1. The third kappa shape index (κ3) is 2.34. The molecular weight excluding hydrogens is 194 g/mol. The van der Waals surface area contributed by atoms with Crippen molar-refractivity contribution in [2.75, 3.05) is 6.61 Å². The largest absolute Gasteiger partial charge is 0.480 e. The van der Waals surface area contributed by atoms with Crippen LogP contribution in [0.15, 0.2) is 35.3 Å². The number of aliphatic carboxylic acids is 1. The summed E-state index contributed by atoms with van der Waals surface area (Å²) in [6.07, 6.45) is 0.560. The maximum atomic E-state index is 10.6. The van der Waals surface area contributed by atoms with Gasteiger partial charge in [-0.05, 0) is 5.56 Å². The van der Waals surface area contributed by atoms with E-state index in [1.807, 2.05) is 30.3 Å². The van der Waals surface area contributed by atoms with Crippen molar-refractivity contribution in [1.82, 2.24) is 0 Å². The molecule has 0 amide bonds. The Labute approximate surface area is 87.2 Å². The number of hydrogen-bond donors (Lipinski definition) is 1. The second kappa shape index (κ2) is 4.13. The lowest BCUT2D eigenvalue weighted by atomic mass is 10.1. The summed E-state index contributed by atoms with van der Waals surface area (Å²) in [6, 6.07) is 8.98. The van der Waals surface area contributed by atoms with E-state index in [2.05, 4.69) is 4.99 Å². The monoisotopic (exact) mass is 205 g/mol. The Morgan fingerprint density at radius 1 is 1.47 bits per heavy atom. The maximum absolute atomic E-state index is 10.6. The summed E-state index contributed by atoms with van der Waals surface area (Å²) < 4.78 is 5.20. The molecule has 1 N–H and O–H groups in total. The lowest BCUT2D eigenvalue weighted by molar-refractivity contribution is -0.138. The molecule has 4 nitrogen and oxygen atoms in total. The van der Waals surface area contributed by atoms with Crippen molar-refractivity contribution in [2.24, 2.45) is 4.99 Å². The molecule has 1 atom stereocenters. The van der Waals surface area contributed by atoms with E-state index in [4.69, 9.17) is 9.84 Å². The second-order valence-corrected chi connectivity index (χ2v) is 3.35. The first-order chi connectivity index (χ1) is 7.25. The fraction of sp³-hybridized carbons (Fsp3) is 0.273. The first-order valence-electron chi connectivity index (χ1n) is 4.72. The number of carbonyl (C=O) groups is 1. The fourth-order valence-electron chi connectivity index (χ4n) is 1.42. The molecule has 1 heterocycles. The zero-order valence-electron chi connectivity index (χ0n) is 8.09. The predicted molar refractivity (Wildman–Crippen MR) is 55.0 cm³/mol. The lowest BCUT2D eigenvalue weighted by Crippen LogP contribution is -2.18. The molecule has 1 aromatic carbocycles. The van der Waals surface area contributed by atoms with Gasteiger partial charge >= 0.3 is 5.97 Å². The van der Waals surface area contributed by atoms with Gasteiger partial charge in [0.05, 0.1) is 0 Å². The van der Waals surface area contributed by atoms with Crippen molar-refractivity contribution >= 4 is 11.9 Å². The van der Waals surface area contributed by atoms with Crippen molar-refractivity contribution in [3.8, 4) is 0 Å². The minimum Gasteiger partial charge on any atom is -0.480 e. The molecule has 0 bridgehead atoms. The van der Waals surface area contributed by atoms with Gasteiger partial charge in [0.2, 0.25) is 0 Å².